The summed E-state index contributed by atoms with van der Waals surface area (Å²) < 4.78 is 40.9. The largest absolute Gasteiger partial charge is 0.494 e. The predicted molar refractivity (Wildman–Crippen MR) is 59.8 cm³/mol. The van der Waals surface area contributed by atoms with Crippen LogP contribution in [0.1, 0.15) is 31.4 Å². The van der Waals surface area contributed by atoms with Gasteiger partial charge in [-0.3, -0.25) is 0 Å². The fourth-order valence-corrected chi connectivity index (χ4v) is 1.35. The Bertz CT molecular complexity index is 350. The molecule has 17 heavy (non-hydrogen) atoms. The van der Waals surface area contributed by atoms with Gasteiger partial charge in [-0.05, 0) is 31.0 Å². The molecule has 1 aromatic carbocycles. The molecule has 1 rings (SSSR count). The lowest BCUT2D eigenvalue weighted by molar-refractivity contribution is -0.136. The van der Waals surface area contributed by atoms with Crippen LogP contribution in [0.2, 0.25) is 0 Å². The number of nitrogens with two attached hydrogens (primary N) is 1. The van der Waals surface area contributed by atoms with Crippen molar-refractivity contribution < 1.29 is 17.9 Å². The van der Waals surface area contributed by atoms with Gasteiger partial charge in [0.15, 0.2) is 0 Å². The molecular weight excluding hydrogens is 231 g/mol. The molecule has 0 saturated carbocycles. The number of halogens is 3. The second kappa shape index (κ2) is 5.91. The molecule has 5 heteroatoms. The number of alkyl halides is 3. The molecule has 0 unspecified atom stereocenters. The SMILES string of the molecule is C[C@H](N)c1cccc(OCCCC(F)(F)F)c1. The van der Waals surface area contributed by atoms with Crippen LogP contribution in [0.15, 0.2) is 24.3 Å². The molecule has 0 radical (unpaired) electrons. The van der Waals surface area contributed by atoms with Crippen LogP contribution in [0.3, 0.4) is 0 Å². The highest BCUT2D eigenvalue weighted by Gasteiger charge is 2.26. The second-order valence-corrected chi connectivity index (χ2v) is 3.93. The Kier molecular flexibility index (Phi) is 4.81. The fraction of sp³-hybridized carbons (Fsp3) is 0.500. The maximum atomic E-state index is 11.9. The van der Waals surface area contributed by atoms with Crippen molar-refractivity contribution in [2.45, 2.75) is 32.0 Å². The molecule has 0 bridgehead atoms. The summed E-state index contributed by atoms with van der Waals surface area (Å²) in [6, 6.07) is 6.97. The van der Waals surface area contributed by atoms with Gasteiger partial charge in [0.2, 0.25) is 0 Å². The minimum atomic E-state index is -4.11. The molecular formula is C12H16F3NO. The van der Waals surface area contributed by atoms with Gasteiger partial charge in [-0.2, -0.15) is 13.2 Å². The van der Waals surface area contributed by atoms with Crippen molar-refractivity contribution in [1.82, 2.24) is 0 Å². The molecule has 0 amide bonds. The Labute approximate surface area is 98.6 Å². The standard InChI is InChI=1S/C12H16F3NO/c1-9(16)10-4-2-5-11(8-10)17-7-3-6-12(13,14)15/h2,4-5,8-9H,3,6-7,16H2,1H3/t9-/m0/s1. The molecule has 0 aliphatic rings. The topological polar surface area (TPSA) is 35.2 Å². The summed E-state index contributed by atoms with van der Waals surface area (Å²) in [4.78, 5) is 0. The molecule has 0 aromatic heterocycles. The number of ether oxygens (including phenoxy) is 1. The van der Waals surface area contributed by atoms with Crippen molar-refractivity contribution in [1.29, 1.82) is 0 Å². The summed E-state index contributed by atoms with van der Waals surface area (Å²) in [5.41, 5.74) is 6.59. The zero-order valence-electron chi connectivity index (χ0n) is 9.63. The Balaban J connectivity index is 2.39. The lowest BCUT2D eigenvalue weighted by Gasteiger charge is -2.10. The van der Waals surface area contributed by atoms with E-state index in [0.29, 0.717) is 5.75 Å². The molecule has 0 aliphatic carbocycles. The summed E-state index contributed by atoms with van der Waals surface area (Å²) in [7, 11) is 0. The lowest BCUT2D eigenvalue weighted by Crippen LogP contribution is -2.10. The molecule has 2 N–H and O–H groups in total. The number of hydrogen-bond acceptors (Lipinski definition) is 2. The normalized spacial score (nSPS) is 13.5. The molecule has 0 spiro atoms. The first-order chi connectivity index (χ1) is 7.88. The van der Waals surface area contributed by atoms with Gasteiger partial charge in [0, 0.05) is 12.5 Å². The van der Waals surface area contributed by atoms with Crippen LogP contribution in [0.5, 0.6) is 5.75 Å². The van der Waals surface area contributed by atoms with Gasteiger partial charge in [-0.1, -0.05) is 12.1 Å². The zero-order valence-corrected chi connectivity index (χ0v) is 9.63. The predicted octanol–water partition coefficient (Wildman–Crippen LogP) is 3.43. The number of benzene rings is 1. The van der Waals surface area contributed by atoms with Crippen LogP contribution in [-0.2, 0) is 0 Å². The lowest BCUT2D eigenvalue weighted by atomic mass is 10.1. The Morgan fingerprint density at radius 2 is 2.06 bits per heavy atom. The van der Waals surface area contributed by atoms with Crippen molar-refractivity contribution in [3.8, 4) is 5.75 Å². The van der Waals surface area contributed by atoms with Crippen molar-refractivity contribution in [2.24, 2.45) is 5.73 Å². The third-order valence-corrected chi connectivity index (χ3v) is 2.26. The maximum absolute atomic E-state index is 11.9. The third kappa shape index (κ3) is 5.58. The van der Waals surface area contributed by atoms with Gasteiger partial charge in [-0.25, -0.2) is 0 Å². The first-order valence-corrected chi connectivity index (χ1v) is 5.43. The summed E-state index contributed by atoms with van der Waals surface area (Å²) in [6.07, 6.45) is -4.97. The van der Waals surface area contributed by atoms with E-state index in [4.69, 9.17) is 10.5 Å². The van der Waals surface area contributed by atoms with E-state index in [-0.39, 0.29) is 19.1 Å². The molecule has 2 nitrogen and oxygen atoms in total. The summed E-state index contributed by atoms with van der Waals surface area (Å²) in [5, 5.41) is 0. The molecule has 0 aliphatic heterocycles. The number of rotatable bonds is 5. The van der Waals surface area contributed by atoms with Crippen LogP contribution in [-0.4, -0.2) is 12.8 Å². The van der Waals surface area contributed by atoms with E-state index in [1.54, 1.807) is 18.2 Å². The van der Waals surface area contributed by atoms with E-state index < -0.39 is 12.6 Å². The second-order valence-electron chi connectivity index (χ2n) is 3.93. The van der Waals surface area contributed by atoms with E-state index in [2.05, 4.69) is 0 Å². The number of hydrogen-bond donors (Lipinski definition) is 1. The molecule has 0 fully saturated rings. The van der Waals surface area contributed by atoms with Gasteiger partial charge >= 0.3 is 6.18 Å². The van der Waals surface area contributed by atoms with Gasteiger partial charge in [0.05, 0.1) is 6.61 Å². The molecule has 0 heterocycles. The highest BCUT2D eigenvalue weighted by molar-refractivity contribution is 5.30. The van der Waals surface area contributed by atoms with Gasteiger partial charge in [-0.15, -0.1) is 0 Å². The zero-order chi connectivity index (χ0) is 12.9. The van der Waals surface area contributed by atoms with Gasteiger partial charge in [0.25, 0.3) is 0 Å². The van der Waals surface area contributed by atoms with Crippen LogP contribution in [0.25, 0.3) is 0 Å². The highest BCUT2D eigenvalue weighted by atomic mass is 19.4. The van der Waals surface area contributed by atoms with Crippen LogP contribution >= 0.6 is 0 Å². The Morgan fingerprint density at radius 1 is 1.35 bits per heavy atom. The average Bonchev–Trinajstić information content (AvgIpc) is 2.23. The Morgan fingerprint density at radius 3 is 2.65 bits per heavy atom. The molecule has 1 aromatic rings. The highest BCUT2D eigenvalue weighted by Crippen LogP contribution is 2.22. The third-order valence-electron chi connectivity index (χ3n) is 2.26. The van der Waals surface area contributed by atoms with Gasteiger partial charge < -0.3 is 10.5 Å². The van der Waals surface area contributed by atoms with Crippen molar-refractivity contribution in [3.05, 3.63) is 29.8 Å². The van der Waals surface area contributed by atoms with E-state index in [9.17, 15) is 13.2 Å². The average molecular weight is 247 g/mol. The quantitative estimate of drug-likeness (QED) is 0.809. The van der Waals surface area contributed by atoms with Gasteiger partial charge in [0.1, 0.15) is 5.75 Å². The summed E-state index contributed by atoms with van der Waals surface area (Å²) in [5.74, 6) is 0.557. The van der Waals surface area contributed by atoms with Crippen LogP contribution in [0.4, 0.5) is 13.2 Å². The van der Waals surface area contributed by atoms with Crippen molar-refractivity contribution in [3.63, 3.8) is 0 Å². The monoisotopic (exact) mass is 247 g/mol. The molecule has 1 atom stereocenters. The van der Waals surface area contributed by atoms with E-state index >= 15 is 0 Å². The molecule has 96 valence electrons. The van der Waals surface area contributed by atoms with E-state index in [1.165, 1.54) is 0 Å². The van der Waals surface area contributed by atoms with Crippen molar-refractivity contribution >= 4 is 0 Å². The minimum Gasteiger partial charge on any atom is -0.494 e. The Hall–Kier alpha value is -1.23. The summed E-state index contributed by atoms with van der Waals surface area (Å²) >= 11 is 0. The van der Waals surface area contributed by atoms with E-state index in [1.807, 2.05) is 13.0 Å². The van der Waals surface area contributed by atoms with Crippen LogP contribution in [0, 0.1) is 0 Å². The van der Waals surface area contributed by atoms with E-state index in [0.717, 1.165) is 5.56 Å². The van der Waals surface area contributed by atoms with Crippen LogP contribution < -0.4 is 10.5 Å². The first kappa shape index (κ1) is 13.8. The molecule has 0 saturated heterocycles. The maximum Gasteiger partial charge on any atom is 0.389 e. The minimum absolute atomic E-state index is 0.0358. The summed E-state index contributed by atoms with van der Waals surface area (Å²) in [6.45, 7) is 1.89. The van der Waals surface area contributed by atoms with Crippen molar-refractivity contribution in [2.75, 3.05) is 6.61 Å². The first-order valence-electron chi connectivity index (χ1n) is 5.43. The smallest absolute Gasteiger partial charge is 0.389 e. The fourth-order valence-electron chi connectivity index (χ4n) is 1.35.